The lowest BCUT2D eigenvalue weighted by Crippen LogP contribution is -2.28. The summed E-state index contributed by atoms with van der Waals surface area (Å²) in [5, 5.41) is 0. The molecule has 0 aliphatic heterocycles. The first kappa shape index (κ1) is 20.4. The van der Waals surface area contributed by atoms with Crippen molar-refractivity contribution in [1.82, 2.24) is 0 Å². The second-order valence-corrected chi connectivity index (χ2v) is 6.70. The largest absolute Gasteiger partial charge is 0.305 e. The molecule has 0 N–H and O–H groups in total. The maximum Gasteiger partial charge on any atom is 0.305 e. The topological polar surface area (TPSA) is 86.7 Å². The molecule has 6 nitrogen and oxygen atoms in total. The Morgan fingerprint density at radius 1 is 0.667 bits per heavy atom. The highest BCUT2D eigenvalue weighted by molar-refractivity contribution is 7.87. The van der Waals surface area contributed by atoms with Gasteiger partial charge < -0.3 is 0 Å². The van der Waals surface area contributed by atoms with Crippen LogP contribution < -0.4 is 0 Å². The summed E-state index contributed by atoms with van der Waals surface area (Å²) in [5.41, 5.74) is -7.17. The SMILES string of the molecule is O=S(=O)(OCCCOS(=O)(=O)C(F)C(F)F)C(F)C(F)F. The standard InChI is InChI=1S/C7H10F6O6S2/c8-4(9)6(12)20(14,15)18-2-1-3-19-21(16,17)7(13)5(10)11/h4-7H,1-3H2. The Labute approximate surface area is 116 Å². The van der Waals surface area contributed by atoms with E-state index in [4.69, 9.17) is 0 Å². The van der Waals surface area contributed by atoms with E-state index in [1.807, 2.05) is 0 Å². The Morgan fingerprint density at radius 3 is 1.19 bits per heavy atom. The van der Waals surface area contributed by atoms with Gasteiger partial charge in [-0.15, -0.1) is 0 Å². The molecule has 0 bridgehead atoms. The van der Waals surface area contributed by atoms with Crippen LogP contribution in [0.15, 0.2) is 0 Å². The van der Waals surface area contributed by atoms with Crippen molar-refractivity contribution in [2.24, 2.45) is 0 Å². The van der Waals surface area contributed by atoms with Gasteiger partial charge in [0.1, 0.15) is 0 Å². The number of hydrogen-bond donors (Lipinski definition) is 0. The fourth-order valence-electron chi connectivity index (χ4n) is 0.791. The molecular weight excluding hydrogens is 358 g/mol. The van der Waals surface area contributed by atoms with Gasteiger partial charge in [0.15, 0.2) is 0 Å². The summed E-state index contributed by atoms with van der Waals surface area (Å²) in [7, 11) is -10.4. The van der Waals surface area contributed by atoms with Gasteiger partial charge in [-0.2, -0.15) is 16.8 Å². The zero-order chi connectivity index (χ0) is 16.8. The van der Waals surface area contributed by atoms with Crippen LogP contribution in [0.4, 0.5) is 26.3 Å². The highest BCUT2D eigenvalue weighted by Crippen LogP contribution is 2.16. The van der Waals surface area contributed by atoms with Gasteiger partial charge in [0.2, 0.25) is 0 Å². The number of alkyl halides is 6. The van der Waals surface area contributed by atoms with Crippen molar-refractivity contribution in [3.63, 3.8) is 0 Å². The van der Waals surface area contributed by atoms with Gasteiger partial charge >= 0.3 is 20.2 Å². The lowest BCUT2D eigenvalue weighted by Gasteiger charge is -2.10. The Bertz CT molecular complexity index is 460. The molecule has 0 aliphatic carbocycles. The quantitative estimate of drug-likeness (QED) is 0.327. The molecule has 0 aromatic carbocycles. The number of rotatable bonds is 10. The first-order valence-corrected chi connectivity index (χ1v) is 7.97. The molecule has 0 aromatic heterocycles. The maximum absolute atomic E-state index is 12.5. The minimum absolute atomic E-state index is 0.621. The Balaban J connectivity index is 4.20. The zero-order valence-electron chi connectivity index (χ0n) is 9.96. The van der Waals surface area contributed by atoms with E-state index in [2.05, 4.69) is 8.37 Å². The molecule has 0 amide bonds. The van der Waals surface area contributed by atoms with Crippen molar-refractivity contribution in [1.29, 1.82) is 0 Å². The summed E-state index contributed by atoms with van der Waals surface area (Å²) in [6.45, 7) is -1.92. The van der Waals surface area contributed by atoms with E-state index in [-0.39, 0.29) is 0 Å². The second-order valence-electron chi connectivity index (χ2n) is 3.35. The maximum atomic E-state index is 12.5. The molecule has 0 aromatic rings. The Hall–Kier alpha value is -0.600. The number of halogens is 6. The zero-order valence-corrected chi connectivity index (χ0v) is 11.6. The third kappa shape index (κ3) is 6.80. The number of hydrogen-bond acceptors (Lipinski definition) is 6. The monoisotopic (exact) mass is 368 g/mol. The van der Waals surface area contributed by atoms with Crippen LogP contribution >= 0.6 is 0 Å². The van der Waals surface area contributed by atoms with Gasteiger partial charge in [0.05, 0.1) is 13.2 Å². The van der Waals surface area contributed by atoms with Crippen LogP contribution in [0.5, 0.6) is 0 Å². The molecule has 0 heterocycles. The first-order chi connectivity index (χ1) is 9.42. The first-order valence-electron chi connectivity index (χ1n) is 5.02. The molecular formula is C7H10F6O6S2. The third-order valence-corrected chi connectivity index (χ3v) is 4.24. The molecule has 2 atom stereocenters. The summed E-state index contributed by atoms with van der Waals surface area (Å²) >= 11 is 0. The Morgan fingerprint density at radius 2 is 0.952 bits per heavy atom. The van der Waals surface area contributed by atoms with Crippen LogP contribution in [-0.2, 0) is 28.6 Å². The van der Waals surface area contributed by atoms with Crippen molar-refractivity contribution in [2.75, 3.05) is 13.2 Å². The van der Waals surface area contributed by atoms with Crippen LogP contribution in [0.25, 0.3) is 0 Å². The predicted molar refractivity (Wildman–Crippen MR) is 56.2 cm³/mol. The van der Waals surface area contributed by atoms with Crippen LogP contribution in [-0.4, -0.2) is 53.9 Å². The summed E-state index contributed by atoms with van der Waals surface area (Å²) in [4.78, 5) is 0. The molecule has 14 heteroatoms. The van der Waals surface area contributed by atoms with Crippen molar-refractivity contribution in [2.45, 2.75) is 30.3 Å². The van der Waals surface area contributed by atoms with Crippen LogP contribution in [0, 0.1) is 0 Å². The second kappa shape index (κ2) is 8.14. The van der Waals surface area contributed by atoms with Crippen LogP contribution in [0.2, 0.25) is 0 Å². The third-order valence-electron chi connectivity index (χ3n) is 1.73. The van der Waals surface area contributed by atoms with Crippen molar-refractivity contribution in [3.05, 3.63) is 0 Å². The van der Waals surface area contributed by atoms with Crippen molar-refractivity contribution < 1.29 is 51.5 Å². The van der Waals surface area contributed by atoms with Gasteiger partial charge in [-0.25, -0.2) is 26.3 Å². The fraction of sp³-hybridized carbons (Fsp3) is 1.00. The molecule has 0 fully saturated rings. The average molecular weight is 368 g/mol. The van der Waals surface area contributed by atoms with Crippen LogP contribution in [0.3, 0.4) is 0 Å². The summed E-state index contributed by atoms with van der Waals surface area (Å²) in [5.74, 6) is 0. The average Bonchev–Trinajstić information content (AvgIpc) is 2.35. The molecule has 0 radical (unpaired) electrons. The fourth-order valence-corrected chi connectivity index (χ4v) is 2.26. The normalized spacial score (nSPS) is 16.4. The van der Waals surface area contributed by atoms with E-state index in [1.165, 1.54) is 0 Å². The molecule has 21 heavy (non-hydrogen) atoms. The van der Waals surface area contributed by atoms with E-state index >= 15 is 0 Å². The minimum Gasteiger partial charge on any atom is -0.268 e. The minimum atomic E-state index is -5.22. The molecule has 0 saturated heterocycles. The molecule has 0 rings (SSSR count). The molecule has 128 valence electrons. The molecule has 0 aliphatic rings. The van der Waals surface area contributed by atoms with Gasteiger partial charge in [-0.05, 0) is 6.42 Å². The van der Waals surface area contributed by atoms with E-state index < -0.39 is 63.7 Å². The molecule has 2 unspecified atom stereocenters. The smallest absolute Gasteiger partial charge is 0.268 e. The van der Waals surface area contributed by atoms with E-state index in [1.54, 1.807) is 0 Å². The van der Waals surface area contributed by atoms with E-state index in [9.17, 15) is 43.2 Å². The lowest BCUT2D eigenvalue weighted by atomic mass is 10.5. The predicted octanol–water partition coefficient (Wildman–Crippen LogP) is 1.19. The van der Waals surface area contributed by atoms with E-state index in [0.717, 1.165) is 0 Å². The summed E-state index contributed by atoms with van der Waals surface area (Å²) in [6, 6.07) is 0. The summed E-state index contributed by atoms with van der Waals surface area (Å²) < 4.78 is 123. The van der Waals surface area contributed by atoms with Gasteiger partial charge in [0, 0.05) is 0 Å². The molecule has 0 spiro atoms. The van der Waals surface area contributed by atoms with E-state index in [0.29, 0.717) is 0 Å². The highest BCUT2D eigenvalue weighted by Gasteiger charge is 2.36. The van der Waals surface area contributed by atoms with Crippen molar-refractivity contribution in [3.8, 4) is 0 Å². The highest BCUT2D eigenvalue weighted by atomic mass is 32.2. The Kier molecular flexibility index (Phi) is 7.91. The van der Waals surface area contributed by atoms with Crippen molar-refractivity contribution >= 4 is 20.2 Å². The molecule has 0 saturated carbocycles. The van der Waals surface area contributed by atoms with Gasteiger partial charge in [0.25, 0.3) is 23.9 Å². The van der Waals surface area contributed by atoms with Crippen LogP contribution in [0.1, 0.15) is 6.42 Å². The van der Waals surface area contributed by atoms with Gasteiger partial charge in [-0.3, -0.25) is 8.37 Å². The van der Waals surface area contributed by atoms with Gasteiger partial charge in [-0.1, -0.05) is 0 Å². The lowest BCUT2D eigenvalue weighted by molar-refractivity contribution is 0.0805. The summed E-state index contributed by atoms with van der Waals surface area (Å²) in [6.07, 6.45) is -8.31.